The summed E-state index contributed by atoms with van der Waals surface area (Å²) in [7, 11) is 0. The zero-order valence-electron chi connectivity index (χ0n) is 22.1. The summed E-state index contributed by atoms with van der Waals surface area (Å²) < 4.78 is 52.7. The highest BCUT2D eigenvalue weighted by Crippen LogP contribution is 2.73. The maximum Gasteiger partial charge on any atom is 0.226 e. The molecule has 6 nitrogen and oxygen atoms in total. The average molecular weight is 574 g/mol. The predicted octanol–water partition coefficient (Wildman–Crippen LogP) is 5.65. The lowest BCUT2D eigenvalue weighted by Crippen LogP contribution is -2.70. The first-order valence-corrected chi connectivity index (χ1v) is 14.6. The van der Waals surface area contributed by atoms with Gasteiger partial charge >= 0.3 is 0 Å². The van der Waals surface area contributed by atoms with E-state index in [1.807, 2.05) is 24.3 Å². The van der Waals surface area contributed by atoms with Crippen LogP contribution in [0.2, 0.25) is 0 Å². The van der Waals surface area contributed by atoms with Gasteiger partial charge in [-0.1, -0.05) is 36.9 Å². The molecule has 40 heavy (non-hydrogen) atoms. The standard InChI is InChI=1S/C30H30F3NO5S/c1-27-8-7-17(35)10-21(27)22(32)11-20-19-9-16-13-34(23-14-38-24-6-4-3-5-18(23)24)39-30(16,26(37)40-15-31)28(19,2)12-25(36)29(20,27)33/h3-8,10,14,16,19-20,22,25,36H,9,11-13,15H2,1-2H3/t16-,19-,20-,22-,25-,27-,28-,29-,30-/m0/s1. The number of para-hydroxylation sites is 1. The first-order valence-electron chi connectivity index (χ1n) is 13.6. The van der Waals surface area contributed by atoms with Crippen molar-refractivity contribution in [2.24, 2.45) is 28.6 Å². The van der Waals surface area contributed by atoms with Crippen LogP contribution >= 0.6 is 11.8 Å². The van der Waals surface area contributed by atoms with Gasteiger partial charge in [0.25, 0.3) is 0 Å². The van der Waals surface area contributed by atoms with E-state index in [1.165, 1.54) is 12.2 Å². The summed E-state index contributed by atoms with van der Waals surface area (Å²) in [5, 5.41) is 13.5. The van der Waals surface area contributed by atoms with Crippen molar-refractivity contribution in [3.8, 4) is 0 Å². The summed E-state index contributed by atoms with van der Waals surface area (Å²) >= 11 is 0.513. The fourth-order valence-corrected chi connectivity index (χ4v) is 9.80. The molecule has 1 aliphatic heterocycles. The predicted molar refractivity (Wildman–Crippen MR) is 143 cm³/mol. The van der Waals surface area contributed by atoms with E-state index >= 15 is 8.78 Å². The topological polar surface area (TPSA) is 80.0 Å². The van der Waals surface area contributed by atoms with Crippen LogP contribution in [-0.2, 0) is 14.4 Å². The number of ketones is 1. The number of aliphatic hydroxyl groups excluding tert-OH is 1. The number of hydrogen-bond acceptors (Lipinski definition) is 7. The number of fused-ring (bicyclic) bond motifs is 8. The molecule has 1 aromatic heterocycles. The first-order chi connectivity index (χ1) is 19.0. The monoisotopic (exact) mass is 573 g/mol. The number of carbonyl (C=O) groups is 2. The number of anilines is 1. The van der Waals surface area contributed by atoms with Crippen LogP contribution in [0.25, 0.3) is 11.0 Å². The third kappa shape index (κ3) is 3.00. The number of carbonyl (C=O) groups excluding carboxylic acids is 2. The minimum atomic E-state index is -2.26. The van der Waals surface area contributed by atoms with Gasteiger partial charge in [0.2, 0.25) is 5.12 Å². The lowest BCUT2D eigenvalue weighted by atomic mass is 9.44. The maximum absolute atomic E-state index is 17.5. The number of thioether (sulfide) groups is 1. The van der Waals surface area contributed by atoms with E-state index in [0.29, 0.717) is 29.5 Å². The average Bonchev–Trinajstić information content (AvgIpc) is 3.58. The van der Waals surface area contributed by atoms with Crippen LogP contribution in [0, 0.1) is 28.6 Å². The van der Waals surface area contributed by atoms with Crippen molar-refractivity contribution in [1.82, 2.24) is 0 Å². The molecule has 1 saturated heterocycles. The fourth-order valence-electron chi connectivity index (χ4n) is 9.05. The number of hydroxylamine groups is 1. The summed E-state index contributed by atoms with van der Waals surface area (Å²) in [4.78, 5) is 32.5. The van der Waals surface area contributed by atoms with Gasteiger partial charge in [-0.3, -0.25) is 14.4 Å². The van der Waals surface area contributed by atoms with Crippen LogP contribution in [0.5, 0.6) is 0 Å². The Balaban J connectivity index is 1.33. The van der Waals surface area contributed by atoms with Gasteiger partial charge in [0.1, 0.15) is 29.7 Å². The number of halogens is 3. The highest BCUT2D eigenvalue weighted by atomic mass is 32.2. The molecular formula is C30H30F3NO5S. The number of alkyl halides is 3. The quantitative estimate of drug-likeness (QED) is 0.508. The molecule has 212 valence electrons. The molecule has 0 spiro atoms. The second-order valence-corrected chi connectivity index (χ2v) is 13.2. The zero-order chi connectivity index (χ0) is 28.2. The van der Waals surface area contributed by atoms with Crippen LogP contribution in [0.4, 0.5) is 18.9 Å². The molecular weight excluding hydrogens is 543 g/mol. The number of rotatable bonds is 3. The van der Waals surface area contributed by atoms with Crippen LogP contribution < -0.4 is 5.06 Å². The highest BCUT2D eigenvalue weighted by Gasteiger charge is 2.79. The van der Waals surface area contributed by atoms with Gasteiger partial charge < -0.3 is 9.52 Å². The molecule has 4 aliphatic carbocycles. The van der Waals surface area contributed by atoms with Crippen LogP contribution in [0.1, 0.15) is 33.1 Å². The number of nitrogens with zero attached hydrogens (tertiary/aromatic N) is 1. The van der Waals surface area contributed by atoms with Crippen molar-refractivity contribution in [1.29, 1.82) is 0 Å². The Morgan fingerprint density at radius 2 is 2.00 bits per heavy atom. The summed E-state index contributed by atoms with van der Waals surface area (Å²) in [6.45, 7) is 3.62. The Bertz CT molecular complexity index is 1490. The Morgan fingerprint density at radius 1 is 1.23 bits per heavy atom. The molecule has 2 aromatic rings. The van der Waals surface area contributed by atoms with Gasteiger partial charge in [-0.05, 0) is 62.0 Å². The Kier molecular flexibility index (Phi) is 5.59. The summed E-state index contributed by atoms with van der Waals surface area (Å²) in [5.74, 6) is -2.34. The first kappa shape index (κ1) is 26.3. The second-order valence-electron chi connectivity index (χ2n) is 12.3. The molecule has 3 saturated carbocycles. The van der Waals surface area contributed by atoms with Crippen LogP contribution in [0.15, 0.2) is 58.7 Å². The largest absolute Gasteiger partial charge is 0.462 e. The van der Waals surface area contributed by atoms with Gasteiger partial charge in [-0.2, -0.15) is 0 Å². The molecule has 5 aliphatic rings. The SMILES string of the molecule is C[C@]12C=CC(=O)C=C1[C@@H](F)C[C@H]1[C@@H]3C[C@H]4CN(c5coc6ccccc56)O[C@@]4(C(=O)SCF)[C@@]3(C)C[C@H](O)[C@@]12F. The molecule has 0 unspecified atom stereocenters. The lowest BCUT2D eigenvalue weighted by Gasteiger charge is -2.63. The van der Waals surface area contributed by atoms with E-state index in [4.69, 9.17) is 9.25 Å². The molecule has 9 atom stereocenters. The number of hydrogen-bond donors (Lipinski definition) is 1. The minimum Gasteiger partial charge on any atom is -0.462 e. The summed E-state index contributed by atoms with van der Waals surface area (Å²) in [6, 6.07) is 6.44. The summed E-state index contributed by atoms with van der Waals surface area (Å²) in [6.07, 6.45) is 2.17. The van der Waals surface area contributed by atoms with E-state index in [2.05, 4.69) is 0 Å². The third-order valence-corrected chi connectivity index (χ3v) is 11.5. The summed E-state index contributed by atoms with van der Waals surface area (Å²) in [5.41, 5.74) is -5.14. The molecule has 10 heteroatoms. The molecule has 0 bridgehead atoms. The number of furan rings is 1. The van der Waals surface area contributed by atoms with Gasteiger partial charge in [0.15, 0.2) is 17.1 Å². The number of benzene rings is 1. The second kappa shape index (κ2) is 8.49. The molecule has 0 amide bonds. The molecule has 7 rings (SSSR count). The van der Waals surface area contributed by atoms with Crippen LogP contribution in [0.3, 0.4) is 0 Å². The molecule has 1 aromatic carbocycles. The molecule has 2 heterocycles. The Labute approximate surface area is 233 Å². The van der Waals surface area contributed by atoms with Crippen molar-refractivity contribution in [2.45, 2.75) is 56.7 Å². The Morgan fingerprint density at radius 3 is 2.77 bits per heavy atom. The van der Waals surface area contributed by atoms with Crippen molar-refractivity contribution in [2.75, 3.05) is 17.6 Å². The zero-order valence-corrected chi connectivity index (χ0v) is 22.9. The molecule has 4 fully saturated rings. The van der Waals surface area contributed by atoms with E-state index in [-0.39, 0.29) is 25.0 Å². The van der Waals surface area contributed by atoms with Crippen LogP contribution in [-0.4, -0.2) is 52.1 Å². The number of allylic oxidation sites excluding steroid dienone is 4. The van der Waals surface area contributed by atoms with Gasteiger partial charge in [0.05, 0.1) is 12.6 Å². The van der Waals surface area contributed by atoms with E-state index in [1.54, 1.807) is 25.2 Å². The smallest absolute Gasteiger partial charge is 0.226 e. The molecule has 0 radical (unpaired) electrons. The highest BCUT2D eigenvalue weighted by molar-refractivity contribution is 8.13. The van der Waals surface area contributed by atoms with E-state index in [0.717, 1.165) is 11.5 Å². The lowest BCUT2D eigenvalue weighted by molar-refractivity contribution is -0.225. The van der Waals surface area contributed by atoms with E-state index < -0.39 is 69.0 Å². The maximum atomic E-state index is 17.5. The normalized spacial score (nSPS) is 43.8. The van der Waals surface area contributed by atoms with Gasteiger partial charge in [-0.25, -0.2) is 18.2 Å². The van der Waals surface area contributed by atoms with Crippen molar-refractivity contribution < 1.29 is 37.1 Å². The van der Waals surface area contributed by atoms with Crippen molar-refractivity contribution in [3.05, 3.63) is 54.3 Å². The van der Waals surface area contributed by atoms with Gasteiger partial charge in [0, 0.05) is 28.1 Å². The third-order valence-electron chi connectivity index (χ3n) is 10.8. The van der Waals surface area contributed by atoms with Gasteiger partial charge in [-0.15, -0.1) is 0 Å². The Hall–Kier alpha value is -2.56. The fraction of sp³-hybridized carbons (Fsp3) is 0.533. The molecule has 1 N–H and O–H groups in total. The van der Waals surface area contributed by atoms with Crippen molar-refractivity contribution >= 4 is 39.3 Å². The number of aliphatic hydroxyl groups is 1. The van der Waals surface area contributed by atoms with E-state index in [9.17, 15) is 19.1 Å². The minimum absolute atomic E-state index is 0.0487. The van der Waals surface area contributed by atoms with Crippen molar-refractivity contribution in [3.63, 3.8) is 0 Å².